The van der Waals surface area contributed by atoms with Gasteiger partial charge in [0.1, 0.15) is 0 Å². The third-order valence-corrected chi connectivity index (χ3v) is 4.21. The summed E-state index contributed by atoms with van der Waals surface area (Å²) in [6, 6.07) is 3.40. The highest BCUT2D eigenvalue weighted by molar-refractivity contribution is 5.93. The quantitative estimate of drug-likeness (QED) is 0.804. The van der Waals surface area contributed by atoms with Crippen molar-refractivity contribution in [3.05, 3.63) is 46.8 Å². The van der Waals surface area contributed by atoms with Gasteiger partial charge in [-0.25, -0.2) is 0 Å². The molecule has 0 fully saturated rings. The lowest BCUT2D eigenvalue weighted by atomic mass is 9.87. The molecule has 0 saturated carbocycles. The van der Waals surface area contributed by atoms with Crippen molar-refractivity contribution in [1.29, 1.82) is 0 Å². The number of benzene rings is 1. The van der Waals surface area contributed by atoms with Crippen molar-refractivity contribution < 1.29 is 18.0 Å². The van der Waals surface area contributed by atoms with Crippen LogP contribution in [-0.2, 0) is 30.4 Å². The monoisotopic (exact) mass is 338 g/mol. The number of amides is 1. The molecule has 1 heterocycles. The highest BCUT2D eigenvalue weighted by Gasteiger charge is 2.32. The van der Waals surface area contributed by atoms with Crippen LogP contribution in [0.4, 0.5) is 18.9 Å². The van der Waals surface area contributed by atoms with Gasteiger partial charge in [0.05, 0.1) is 11.8 Å². The van der Waals surface area contributed by atoms with E-state index in [1.807, 2.05) is 0 Å². The molecule has 8 heteroatoms. The number of alkyl halides is 3. The molecule has 4 N–H and O–H groups in total. The van der Waals surface area contributed by atoms with Crippen LogP contribution in [0.2, 0.25) is 0 Å². The van der Waals surface area contributed by atoms with Gasteiger partial charge in [0.25, 0.3) is 0 Å². The van der Waals surface area contributed by atoms with Crippen LogP contribution in [-0.4, -0.2) is 16.1 Å². The Morgan fingerprint density at radius 3 is 2.88 bits per heavy atom. The molecule has 1 aromatic heterocycles. The zero-order valence-corrected chi connectivity index (χ0v) is 12.8. The van der Waals surface area contributed by atoms with Crippen molar-refractivity contribution in [1.82, 2.24) is 10.2 Å². The van der Waals surface area contributed by atoms with E-state index in [0.717, 1.165) is 29.8 Å². The highest BCUT2D eigenvalue weighted by atomic mass is 19.4. The van der Waals surface area contributed by atoms with Gasteiger partial charge in [-0.2, -0.15) is 18.3 Å². The predicted octanol–water partition coefficient (Wildman–Crippen LogP) is 2.63. The third kappa shape index (κ3) is 3.43. The second kappa shape index (κ2) is 6.27. The minimum Gasteiger partial charge on any atom is -0.326 e. The van der Waals surface area contributed by atoms with Gasteiger partial charge in [0.2, 0.25) is 5.91 Å². The zero-order chi connectivity index (χ0) is 17.3. The fourth-order valence-electron chi connectivity index (χ4n) is 2.92. The lowest BCUT2D eigenvalue weighted by Gasteiger charge is -2.21. The molecule has 24 heavy (non-hydrogen) atoms. The molecule has 1 unspecified atom stereocenters. The van der Waals surface area contributed by atoms with Gasteiger partial charge in [-0.1, -0.05) is 0 Å². The number of fused-ring (bicyclic) bond motifs is 1. The van der Waals surface area contributed by atoms with Gasteiger partial charge in [-0.3, -0.25) is 9.89 Å². The zero-order valence-electron chi connectivity index (χ0n) is 12.8. The van der Waals surface area contributed by atoms with E-state index in [9.17, 15) is 18.0 Å². The fourth-order valence-corrected chi connectivity index (χ4v) is 2.92. The summed E-state index contributed by atoms with van der Waals surface area (Å²) in [5, 5.41) is 9.40. The topological polar surface area (TPSA) is 83.8 Å². The van der Waals surface area contributed by atoms with Crippen LogP contribution >= 0.6 is 0 Å². The first-order valence-corrected chi connectivity index (χ1v) is 7.60. The number of halogens is 3. The standard InChI is InChI=1S/C16H17F3N4O/c17-16(18,19)12-3-9(7-20)4-13(6-12)22-15(24)10-1-2-11-8-21-23-14(11)5-10/h3-4,6,8,10H,1-2,5,7,20H2,(H,21,23)(H,22,24). The molecule has 1 aliphatic rings. The first-order valence-electron chi connectivity index (χ1n) is 7.60. The van der Waals surface area contributed by atoms with Gasteiger partial charge in [-0.05, 0) is 42.2 Å². The number of anilines is 1. The molecule has 1 amide bonds. The summed E-state index contributed by atoms with van der Waals surface area (Å²) >= 11 is 0. The van der Waals surface area contributed by atoms with E-state index in [-0.39, 0.29) is 24.1 Å². The Bertz CT molecular complexity index is 754. The van der Waals surface area contributed by atoms with E-state index >= 15 is 0 Å². The molecule has 5 nitrogen and oxygen atoms in total. The van der Waals surface area contributed by atoms with Gasteiger partial charge < -0.3 is 11.1 Å². The molecule has 1 aliphatic carbocycles. The summed E-state index contributed by atoms with van der Waals surface area (Å²) in [5.74, 6) is -0.591. The van der Waals surface area contributed by atoms with Gasteiger partial charge in [0.15, 0.2) is 0 Å². The largest absolute Gasteiger partial charge is 0.416 e. The Hall–Kier alpha value is -2.35. The molecule has 1 aromatic carbocycles. The minimum atomic E-state index is -4.49. The predicted molar refractivity (Wildman–Crippen MR) is 82.1 cm³/mol. The van der Waals surface area contributed by atoms with Crippen molar-refractivity contribution in [2.24, 2.45) is 11.7 Å². The van der Waals surface area contributed by atoms with E-state index in [1.165, 1.54) is 6.07 Å². The van der Waals surface area contributed by atoms with Crippen LogP contribution < -0.4 is 11.1 Å². The number of carbonyl (C=O) groups is 1. The van der Waals surface area contributed by atoms with Gasteiger partial charge in [-0.15, -0.1) is 0 Å². The smallest absolute Gasteiger partial charge is 0.326 e. The number of nitrogens with one attached hydrogen (secondary N) is 2. The molecule has 0 radical (unpaired) electrons. The summed E-state index contributed by atoms with van der Waals surface area (Å²) in [7, 11) is 0. The number of aromatic nitrogens is 2. The summed E-state index contributed by atoms with van der Waals surface area (Å²) in [6.45, 7) is -0.0340. The fraction of sp³-hybridized carbons (Fsp3) is 0.375. The third-order valence-electron chi connectivity index (χ3n) is 4.21. The molecule has 128 valence electrons. The average molecular weight is 338 g/mol. The Kier molecular flexibility index (Phi) is 4.31. The molecule has 3 rings (SSSR count). The Morgan fingerprint density at radius 1 is 1.38 bits per heavy atom. The van der Waals surface area contributed by atoms with E-state index in [2.05, 4.69) is 15.5 Å². The van der Waals surface area contributed by atoms with E-state index in [4.69, 9.17) is 5.73 Å². The number of hydrogen-bond acceptors (Lipinski definition) is 3. The molecule has 0 aliphatic heterocycles. The number of carbonyl (C=O) groups excluding carboxylic acids is 1. The summed E-state index contributed by atoms with van der Waals surface area (Å²) in [6.07, 6.45) is -0.879. The van der Waals surface area contributed by atoms with E-state index < -0.39 is 11.7 Å². The van der Waals surface area contributed by atoms with Crippen LogP contribution in [0.5, 0.6) is 0 Å². The molecule has 0 spiro atoms. The number of aromatic amines is 1. The highest BCUT2D eigenvalue weighted by Crippen LogP contribution is 2.32. The van der Waals surface area contributed by atoms with E-state index in [1.54, 1.807) is 6.20 Å². The van der Waals surface area contributed by atoms with Crippen molar-refractivity contribution in [2.45, 2.75) is 32.0 Å². The van der Waals surface area contributed by atoms with Crippen molar-refractivity contribution in [3.63, 3.8) is 0 Å². The minimum absolute atomic E-state index is 0.0340. The Labute approximate surface area is 136 Å². The molecule has 2 aromatic rings. The first kappa shape index (κ1) is 16.5. The van der Waals surface area contributed by atoms with Crippen LogP contribution in [0.1, 0.15) is 28.8 Å². The lowest BCUT2D eigenvalue weighted by Crippen LogP contribution is -2.28. The van der Waals surface area contributed by atoms with E-state index in [0.29, 0.717) is 18.4 Å². The number of rotatable bonds is 3. The molecule has 0 bridgehead atoms. The van der Waals surface area contributed by atoms with Gasteiger partial charge >= 0.3 is 6.18 Å². The van der Waals surface area contributed by atoms with Gasteiger partial charge in [0, 0.05) is 30.3 Å². The maximum absolute atomic E-state index is 12.9. The molecule has 0 saturated heterocycles. The molecular formula is C16H17F3N4O. The Morgan fingerprint density at radius 2 is 2.17 bits per heavy atom. The van der Waals surface area contributed by atoms with Crippen LogP contribution in [0, 0.1) is 5.92 Å². The molecular weight excluding hydrogens is 321 g/mol. The molecule has 1 atom stereocenters. The first-order chi connectivity index (χ1) is 11.4. The van der Waals surface area contributed by atoms with Crippen LogP contribution in [0.3, 0.4) is 0 Å². The Balaban J connectivity index is 1.77. The van der Waals surface area contributed by atoms with Crippen molar-refractivity contribution in [3.8, 4) is 0 Å². The van der Waals surface area contributed by atoms with Crippen molar-refractivity contribution >= 4 is 11.6 Å². The number of nitrogens with two attached hydrogens (primary N) is 1. The number of H-pyrrole nitrogens is 1. The summed E-state index contributed by atoms with van der Waals surface area (Å²) < 4.78 is 38.8. The summed E-state index contributed by atoms with van der Waals surface area (Å²) in [5.41, 5.74) is 7.07. The maximum atomic E-state index is 12.9. The number of hydrogen-bond donors (Lipinski definition) is 3. The summed E-state index contributed by atoms with van der Waals surface area (Å²) in [4.78, 5) is 12.4. The second-order valence-electron chi connectivity index (χ2n) is 5.92. The van der Waals surface area contributed by atoms with Crippen molar-refractivity contribution in [2.75, 3.05) is 5.32 Å². The SMILES string of the molecule is NCc1cc(NC(=O)C2CCc3cn[nH]c3C2)cc(C(F)(F)F)c1. The maximum Gasteiger partial charge on any atom is 0.416 e. The van der Waals surface area contributed by atoms with Crippen LogP contribution in [0.25, 0.3) is 0 Å². The van der Waals surface area contributed by atoms with Crippen LogP contribution in [0.15, 0.2) is 24.4 Å². The normalized spacial score (nSPS) is 17.4. The average Bonchev–Trinajstić information content (AvgIpc) is 3.01. The second-order valence-corrected chi connectivity index (χ2v) is 5.92. The number of aryl methyl sites for hydroxylation is 1. The lowest BCUT2D eigenvalue weighted by molar-refractivity contribution is -0.137. The number of nitrogens with zero attached hydrogens (tertiary/aromatic N) is 1.